The van der Waals surface area contributed by atoms with Gasteiger partial charge in [0.05, 0.1) is 41.3 Å². The maximum absolute atomic E-state index is 16.1. The van der Waals surface area contributed by atoms with Gasteiger partial charge in [0.2, 0.25) is 0 Å². The fourth-order valence-electron chi connectivity index (χ4n) is 4.68. The molecule has 6 heterocycles. The molecule has 0 atom stereocenters. The zero-order valence-electron chi connectivity index (χ0n) is 20.5. The first kappa shape index (κ1) is 22.9. The highest BCUT2D eigenvalue weighted by molar-refractivity contribution is 5.97. The van der Waals surface area contributed by atoms with E-state index in [4.69, 9.17) is 9.40 Å². The molecule has 0 aliphatic rings. The SMILES string of the molecule is Fc1c(-c2cncc(CNCc3ccccc3)c2)ncc2[nH]nc(-c3nc4c(-c5ccoc5)cncc4[nH]3)c12. The van der Waals surface area contributed by atoms with Crippen LogP contribution in [-0.4, -0.2) is 35.1 Å². The first-order valence-corrected chi connectivity index (χ1v) is 12.3. The lowest BCUT2D eigenvalue weighted by Crippen LogP contribution is -2.12. The van der Waals surface area contributed by atoms with Crippen LogP contribution in [0, 0.1) is 5.82 Å². The van der Waals surface area contributed by atoms with Crippen molar-refractivity contribution in [1.29, 1.82) is 0 Å². The van der Waals surface area contributed by atoms with E-state index in [0.29, 0.717) is 45.6 Å². The van der Waals surface area contributed by atoms with Crippen molar-refractivity contribution in [3.8, 4) is 33.9 Å². The Kier molecular flexibility index (Phi) is 5.64. The van der Waals surface area contributed by atoms with Crippen LogP contribution in [0.15, 0.2) is 90.4 Å². The van der Waals surface area contributed by atoms with Gasteiger partial charge in [-0.25, -0.2) is 9.37 Å². The minimum absolute atomic E-state index is 0.194. The summed E-state index contributed by atoms with van der Waals surface area (Å²) in [6, 6.07) is 13.9. The lowest BCUT2D eigenvalue weighted by Gasteiger charge is -2.08. The van der Waals surface area contributed by atoms with Crippen molar-refractivity contribution in [2.75, 3.05) is 0 Å². The molecule has 0 fully saturated rings. The Morgan fingerprint density at radius 3 is 2.59 bits per heavy atom. The smallest absolute Gasteiger partial charge is 0.161 e. The van der Waals surface area contributed by atoms with Gasteiger partial charge in [-0.15, -0.1) is 0 Å². The van der Waals surface area contributed by atoms with Crippen molar-refractivity contribution in [3.05, 3.63) is 103 Å². The summed E-state index contributed by atoms with van der Waals surface area (Å²) in [6.07, 6.45) is 11.6. The fourth-order valence-corrected chi connectivity index (χ4v) is 4.68. The van der Waals surface area contributed by atoms with Gasteiger partial charge in [-0.1, -0.05) is 30.3 Å². The van der Waals surface area contributed by atoms with Crippen LogP contribution < -0.4 is 5.32 Å². The fraction of sp³-hybridized carbons (Fsp3) is 0.0690. The molecule has 0 unspecified atom stereocenters. The summed E-state index contributed by atoms with van der Waals surface area (Å²) in [5.41, 5.74) is 6.75. The molecule has 9 nitrogen and oxygen atoms in total. The lowest BCUT2D eigenvalue weighted by molar-refractivity contribution is 0.568. The molecule has 10 heteroatoms. The second kappa shape index (κ2) is 9.58. The summed E-state index contributed by atoms with van der Waals surface area (Å²) in [7, 11) is 0. The number of hydrogen-bond donors (Lipinski definition) is 3. The van der Waals surface area contributed by atoms with E-state index in [-0.39, 0.29) is 5.69 Å². The van der Waals surface area contributed by atoms with Crippen LogP contribution in [0.1, 0.15) is 11.1 Å². The average Bonchev–Trinajstić information content (AvgIpc) is 3.74. The Morgan fingerprint density at radius 1 is 0.846 bits per heavy atom. The first-order valence-electron chi connectivity index (χ1n) is 12.3. The van der Waals surface area contributed by atoms with Crippen LogP contribution in [0.3, 0.4) is 0 Å². The maximum atomic E-state index is 16.1. The molecule has 0 aliphatic heterocycles. The van der Waals surface area contributed by atoms with Crippen LogP contribution in [0.5, 0.6) is 0 Å². The molecule has 190 valence electrons. The zero-order valence-corrected chi connectivity index (χ0v) is 20.5. The van der Waals surface area contributed by atoms with Crippen LogP contribution in [0.2, 0.25) is 0 Å². The molecule has 0 saturated carbocycles. The van der Waals surface area contributed by atoms with E-state index in [0.717, 1.165) is 23.2 Å². The number of aromatic nitrogens is 7. The molecule has 0 radical (unpaired) electrons. The minimum atomic E-state index is -0.499. The number of fused-ring (bicyclic) bond motifs is 2. The molecular formula is C29H21FN8O. The molecular weight excluding hydrogens is 495 g/mol. The molecule has 6 aromatic heterocycles. The minimum Gasteiger partial charge on any atom is -0.472 e. The van der Waals surface area contributed by atoms with Gasteiger partial charge in [0.25, 0.3) is 0 Å². The van der Waals surface area contributed by atoms with E-state index >= 15 is 4.39 Å². The Labute approximate surface area is 221 Å². The van der Waals surface area contributed by atoms with E-state index in [9.17, 15) is 0 Å². The van der Waals surface area contributed by atoms with Crippen LogP contribution in [-0.2, 0) is 13.1 Å². The van der Waals surface area contributed by atoms with Gasteiger partial charge in [0.1, 0.15) is 16.9 Å². The van der Waals surface area contributed by atoms with Crippen molar-refractivity contribution in [2.24, 2.45) is 0 Å². The third-order valence-electron chi connectivity index (χ3n) is 6.56. The van der Waals surface area contributed by atoms with Gasteiger partial charge >= 0.3 is 0 Å². The second-order valence-corrected chi connectivity index (χ2v) is 9.13. The van der Waals surface area contributed by atoms with Gasteiger partial charge < -0.3 is 14.7 Å². The number of furan rings is 1. The highest BCUT2D eigenvalue weighted by Crippen LogP contribution is 2.34. The Balaban J connectivity index is 1.23. The maximum Gasteiger partial charge on any atom is 0.161 e. The summed E-state index contributed by atoms with van der Waals surface area (Å²) in [5, 5.41) is 10.9. The predicted molar refractivity (Wildman–Crippen MR) is 145 cm³/mol. The van der Waals surface area contributed by atoms with Crippen molar-refractivity contribution >= 4 is 21.9 Å². The molecule has 3 N–H and O–H groups in total. The van der Waals surface area contributed by atoms with Gasteiger partial charge in [0, 0.05) is 48.4 Å². The molecule has 0 bridgehead atoms. The Bertz CT molecular complexity index is 1910. The number of nitrogens with zero attached hydrogens (tertiary/aromatic N) is 5. The topological polar surface area (TPSA) is 121 Å². The van der Waals surface area contributed by atoms with Gasteiger partial charge in [0.15, 0.2) is 11.6 Å². The summed E-state index contributed by atoms with van der Waals surface area (Å²) < 4.78 is 21.3. The summed E-state index contributed by atoms with van der Waals surface area (Å²) in [5.74, 6) is -0.0804. The number of pyridine rings is 3. The molecule has 0 saturated heterocycles. The number of nitrogens with one attached hydrogen (secondary N) is 3. The number of H-pyrrole nitrogens is 2. The van der Waals surface area contributed by atoms with E-state index in [1.165, 1.54) is 5.56 Å². The Hall–Kier alpha value is -5.22. The quantitative estimate of drug-likeness (QED) is 0.250. The first-order chi connectivity index (χ1) is 19.2. The van der Waals surface area contributed by atoms with Crippen molar-refractivity contribution in [1.82, 2.24) is 40.4 Å². The van der Waals surface area contributed by atoms with E-state index in [2.05, 4.69) is 47.6 Å². The third-order valence-corrected chi connectivity index (χ3v) is 6.56. The largest absolute Gasteiger partial charge is 0.472 e. The molecule has 1 aromatic carbocycles. The van der Waals surface area contributed by atoms with Crippen molar-refractivity contribution in [2.45, 2.75) is 13.1 Å². The molecule has 7 aromatic rings. The van der Waals surface area contributed by atoms with Crippen LogP contribution in [0.4, 0.5) is 4.39 Å². The van der Waals surface area contributed by atoms with E-state index in [1.54, 1.807) is 43.5 Å². The van der Waals surface area contributed by atoms with Crippen LogP contribution in [0.25, 0.3) is 55.8 Å². The molecule has 0 amide bonds. The standard InChI is InChI=1S/C29H21FN8O/c30-25-24-22(15-34-26(25)20-8-18(11-32-12-20)10-31-9-17-4-2-1-3-5-17)37-38-28(24)29-35-23-14-33-13-21(27(23)36-29)19-6-7-39-16-19/h1-8,11-16,31H,9-10H2,(H,35,36)(H,37,38). The number of imidazole rings is 1. The highest BCUT2D eigenvalue weighted by Gasteiger charge is 2.21. The number of hydrogen-bond acceptors (Lipinski definition) is 7. The summed E-state index contributed by atoms with van der Waals surface area (Å²) in [4.78, 5) is 21.0. The number of benzene rings is 1. The van der Waals surface area contributed by atoms with Crippen LogP contribution >= 0.6 is 0 Å². The number of rotatable bonds is 7. The van der Waals surface area contributed by atoms with Gasteiger partial charge in [-0.05, 0) is 23.3 Å². The molecule has 7 rings (SSSR count). The number of halogens is 1. The molecule has 0 spiro atoms. The van der Waals surface area contributed by atoms with Crippen molar-refractivity contribution in [3.63, 3.8) is 0 Å². The molecule has 0 aliphatic carbocycles. The van der Waals surface area contributed by atoms with Gasteiger partial charge in [-0.2, -0.15) is 5.10 Å². The molecule has 39 heavy (non-hydrogen) atoms. The van der Waals surface area contributed by atoms with Gasteiger partial charge in [-0.3, -0.25) is 20.1 Å². The zero-order chi connectivity index (χ0) is 26.2. The second-order valence-electron chi connectivity index (χ2n) is 9.13. The van der Waals surface area contributed by atoms with E-state index < -0.39 is 5.82 Å². The van der Waals surface area contributed by atoms with Crippen molar-refractivity contribution < 1.29 is 8.81 Å². The third kappa shape index (κ3) is 4.22. The average molecular weight is 517 g/mol. The number of aromatic amines is 2. The Morgan fingerprint density at radius 2 is 1.72 bits per heavy atom. The van der Waals surface area contributed by atoms with E-state index in [1.807, 2.05) is 30.3 Å². The lowest BCUT2D eigenvalue weighted by atomic mass is 10.1. The monoisotopic (exact) mass is 516 g/mol. The summed E-state index contributed by atoms with van der Waals surface area (Å²) >= 11 is 0. The highest BCUT2D eigenvalue weighted by atomic mass is 19.1. The normalized spacial score (nSPS) is 11.5. The summed E-state index contributed by atoms with van der Waals surface area (Å²) in [6.45, 7) is 1.31. The predicted octanol–water partition coefficient (Wildman–Crippen LogP) is 5.65.